The number of rotatable bonds is 3. The molecule has 1 atom stereocenters. The number of anilines is 1. The van der Waals surface area contributed by atoms with Crippen LogP contribution in [0.4, 0.5) is 5.69 Å². The van der Waals surface area contributed by atoms with Crippen LogP contribution in [0.15, 0.2) is 48.8 Å². The van der Waals surface area contributed by atoms with Crippen LogP contribution in [-0.2, 0) is 4.79 Å². The number of aromatic nitrogens is 2. The second kappa shape index (κ2) is 8.54. The molecule has 2 aromatic heterocycles. The molecule has 0 spiro atoms. The average molecular weight is 393 g/mol. The fourth-order valence-corrected chi connectivity index (χ4v) is 3.15. The van der Waals surface area contributed by atoms with Crippen LogP contribution in [0.3, 0.4) is 0 Å². The van der Waals surface area contributed by atoms with Crippen molar-refractivity contribution in [1.82, 2.24) is 14.7 Å². The van der Waals surface area contributed by atoms with Gasteiger partial charge in [-0.25, -0.2) is 4.98 Å². The summed E-state index contributed by atoms with van der Waals surface area (Å²) >= 11 is 0. The van der Waals surface area contributed by atoms with E-state index in [9.17, 15) is 4.79 Å². The van der Waals surface area contributed by atoms with Gasteiger partial charge in [0, 0.05) is 23.6 Å². The van der Waals surface area contributed by atoms with Crippen molar-refractivity contribution in [2.75, 3.05) is 11.9 Å². The first-order chi connectivity index (χ1) is 11.7. The quantitative estimate of drug-likeness (QED) is 0.711. The van der Waals surface area contributed by atoms with E-state index < -0.39 is 0 Å². The number of carbonyl (C=O) groups is 1. The second-order valence-electron chi connectivity index (χ2n) is 6.26. The SMILES string of the molecule is Cc1cccn2cc(-c3ccc(NC(=O)C4CCCN4)cc3)nc12.Cl.Cl. The zero-order valence-electron chi connectivity index (χ0n) is 14.4. The number of amides is 1. The van der Waals surface area contributed by atoms with Gasteiger partial charge in [0.25, 0.3) is 0 Å². The third-order valence-corrected chi connectivity index (χ3v) is 4.50. The standard InChI is InChI=1S/C19H20N4O.2ClH/c1-13-4-3-11-23-12-17(22-18(13)23)14-6-8-15(9-7-14)21-19(24)16-5-2-10-20-16;;/h3-4,6-9,11-12,16,20H,2,5,10H2,1H3,(H,21,24);2*1H. The Morgan fingerprint density at radius 2 is 2.00 bits per heavy atom. The summed E-state index contributed by atoms with van der Waals surface area (Å²) in [6, 6.07) is 11.9. The molecule has 0 saturated carbocycles. The third-order valence-electron chi connectivity index (χ3n) is 4.50. The van der Waals surface area contributed by atoms with Crippen molar-refractivity contribution in [3.8, 4) is 11.3 Å². The zero-order valence-corrected chi connectivity index (χ0v) is 16.1. The van der Waals surface area contributed by atoms with E-state index in [-0.39, 0.29) is 36.8 Å². The van der Waals surface area contributed by atoms with E-state index in [2.05, 4.69) is 23.6 Å². The molecule has 1 saturated heterocycles. The lowest BCUT2D eigenvalue weighted by atomic mass is 10.1. The number of fused-ring (bicyclic) bond motifs is 1. The molecule has 1 aromatic carbocycles. The lowest BCUT2D eigenvalue weighted by molar-refractivity contribution is -0.117. The molecule has 5 nitrogen and oxygen atoms in total. The highest BCUT2D eigenvalue weighted by atomic mass is 35.5. The molecule has 3 aromatic rings. The molecular weight excluding hydrogens is 371 g/mol. The Labute approximate surface area is 165 Å². The Morgan fingerprint density at radius 1 is 1.23 bits per heavy atom. The van der Waals surface area contributed by atoms with Crippen LogP contribution < -0.4 is 10.6 Å². The summed E-state index contributed by atoms with van der Waals surface area (Å²) in [5, 5.41) is 6.18. The molecule has 1 aliphatic heterocycles. The number of benzene rings is 1. The summed E-state index contributed by atoms with van der Waals surface area (Å²) < 4.78 is 2.03. The first kappa shape index (κ1) is 20.2. The first-order valence-electron chi connectivity index (χ1n) is 8.30. The van der Waals surface area contributed by atoms with E-state index in [1.807, 2.05) is 47.1 Å². The van der Waals surface area contributed by atoms with Crippen molar-refractivity contribution in [3.05, 3.63) is 54.4 Å². The van der Waals surface area contributed by atoms with Crippen molar-refractivity contribution in [3.63, 3.8) is 0 Å². The highest BCUT2D eigenvalue weighted by Crippen LogP contribution is 2.22. The molecule has 1 fully saturated rings. The summed E-state index contributed by atoms with van der Waals surface area (Å²) in [5.74, 6) is 0.0450. The number of aryl methyl sites for hydroxylation is 1. The number of halogens is 2. The van der Waals surface area contributed by atoms with Crippen LogP contribution in [0, 0.1) is 6.92 Å². The Hall–Kier alpha value is -2.08. The average Bonchev–Trinajstić information content (AvgIpc) is 3.26. The topological polar surface area (TPSA) is 58.4 Å². The van der Waals surface area contributed by atoms with Crippen LogP contribution >= 0.6 is 24.8 Å². The lowest BCUT2D eigenvalue weighted by Crippen LogP contribution is -2.35. The van der Waals surface area contributed by atoms with Crippen molar-refractivity contribution >= 4 is 42.1 Å². The zero-order chi connectivity index (χ0) is 16.5. The van der Waals surface area contributed by atoms with Gasteiger partial charge in [0.2, 0.25) is 5.91 Å². The lowest BCUT2D eigenvalue weighted by Gasteiger charge is -2.11. The van der Waals surface area contributed by atoms with Gasteiger partial charge in [0.1, 0.15) is 5.65 Å². The largest absolute Gasteiger partial charge is 0.325 e. The molecule has 0 radical (unpaired) electrons. The summed E-state index contributed by atoms with van der Waals surface area (Å²) in [5.41, 5.74) is 4.90. The van der Waals surface area contributed by atoms with Crippen LogP contribution in [0.25, 0.3) is 16.9 Å². The number of hydrogen-bond acceptors (Lipinski definition) is 3. The molecule has 0 aliphatic carbocycles. The van der Waals surface area contributed by atoms with Gasteiger partial charge in [0.15, 0.2) is 0 Å². The maximum Gasteiger partial charge on any atom is 0.241 e. The van der Waals surface area contributed by atoms with Gasteiger partial charge in [-0.3, -0.25) is 4.79 Å². The first-order valence-corrected chi connectivity index (χ1v) is 8.30. The van der Waals surface area contributed by atoms with E-state index in [4.69, 9.17) is 4.98 Å². The van der Waals surface area contributed by atoms with Crippen molar-refractivity contribution < 1.29 is 4.79 Å². The Morgan fingerprint density at radius 3 is 2.65 bits per heavy atom. The maximum atomic E-state index is 12.1. The Balaban J connectivity index is 0.00000121. The summed E-state index contributed by atoms with van der Waals surface area (Å²) in [6.07, 6.45) is 6.00. The number of hydrogen-bond donors (Lipinski definition) is 2. The van der Waals surface area contributed by atoms with Crippen LogP contribution in [0.1, 0.15) is 18.4 Å². The number of nitrogens with zero attached hydrogens (tertiary/aromatic N) is 2. The Kier molecular flexibility index (Phi) is 6.64. The molecular formula is C19H22Cl2N4O. The molecule has 0 bridgehead atoms. The van der Waals surface area contributed by atoms with Gasteiger partial charge in [0.05, 0.1) is 11.7 Å². The Bertz CT molecular complexity index is 886. The molecule has 3 heterocycles. The summed E-state index contributed by atoms with van der Waals surface area (Å²) in [6.45, 7) is 2.98. The van der Waals surface area contributed by atoms with Crippen molar-refractivity contribution in [2.24, 2.45) is 0 Å². The molecule has 1 unspecified atom stereocenters. The van der Waals surface area contributed by atoms with E-state index in [1.54, 1.807) is 0 Å². The molecule has 1 amide bonds. The van der Waals surface area contributed by atoms with Gasteiger partial charge in [-0.15, -0.1) is 24.8 Å². The fourth-order valence-electron chi connectivity index (χ4n) is 3.15. The van der Waals surface area contributed by atoms with E-state index >= 15 is 0 Å². The summed E-state index contributed by atoms with van der Waals surface area (Å²) in [7, 11) is 0. The predicted octanol–water partition coefficient (Wildman–Crippen LogP) is 3.84. The van der Waals surface area contributed by atoms with Crippen LogP contribution in [0.5, 0.6) is 0 Å². The molecule has 4 rings (SSSR count). The van der Waals surface area contributed by atoms with Gasteiger partial charge in [-0.05, 0) is 50.1 Å². The second-order valence-corrected chi connectivity index (χ2v) is 6.26. The minimum Gasteiger partial charge on any atom is -0.325 e. The molecule has 138 valence electrons. The normalized spacial score (nSPS) is 16.0. The summed E-state index contributed by atoms with van der Waals surface area (Å²) in [4.78, 5) is 16.8. The highest BCUT2D eigenvalue weighted by molar-refractivity contribution is 5.95. The van der Waals surface area contributed by atoms with Gasteiger partial charge in [-0.1, -0.05) is 18.2 Å². The van der Waals surface area contributed by atoms with E-state index in [1.165, 1.54) is 0 Å². The van der Waals surface area contributed by atoms with Gasteiger partial charge < -0.3 is 15.0 Å². The molecule has 1 aliphatic rings. The van der Waals surface area contributed by atoms with Crippen LogP contribution in [0.2, 0.25) is 0 Å². The number of imidazole rings is 1. The minimum absolute atomic E-state index is 0. The fraction of sp³-hybridized carbons (Fsp3) is 0.263. The van der Waals surface area contributed by atoms with E-state index in [0.717, 1.165) is 47.5 Å². The van der Waals surface area contributed by atoms with E-state index in [0.29, 0.717) is 0 Å². The number of carbonyl (C=O) groups excluding carboxylic acids is 1. The molecule has 26 heavy (non-hydrogen) atoms. The highest BCUT2D eigenvalue weighted by Gasteiger charge is 2.21. The monoisotopic (exact) mass is 392 g/mol. The molecule has 2 N–H and O–H groups in total. The van der Waals surface area contributed by atoms with Crippen molar-refractivity contribution in [2.45, 2.75) is 25.8 Å². The smallest absolute Gasteiger partial charge is 0.241 e. The van der Waals surface area contributed by atoms with Crippen molar-refractivity contribution in [1.29, 1.82) is 0 Å². The van der Waals surface area contributed by atoms with Crippen LogP contribution in [-0.4, -0.2) is 27.9 Å². The number of pyridine rings is 1. The third kappa shape index (κ3) is 4.01. The number of nitrogens with one attached hydrogen (secondary N) is 2. The minimum atomic E-state index is -0.0638. The predicted molar refractivity (Wildman–Crippen MR) is 110 cm³/mol. The van der Waals surface area contributed by atoms with Gasteiger partial charge in [-0.2, -0.15) is 0 Å². The molecule has 7 heteroatoms. The maximum absolute atomic E-state index is 12.1. The van der Waals surface area contributed by atoms with Gasteiger partial charge >= 0.3 is 0 Å².